The molecule has 0 spiro atoms. The van der Waals surface area contributed by atoms with Crippen LogP contribution in [0.4, 0.5) is 5.69 Å². The maximum Gasteiger partial charge on any atom is 0.356 e. The number of anilines is 1. The molecule has 1 N–H and O–H groups in total. The Morgan fingerprint density at radius 3 is 2.62 bits per heavy atom. The molecule has 2 fully saturated rings. The van der Waals surface area contributed by atoms with Crippen LogP contribution in [0, 0.1) is 5.92 Å². The van der Waals surface area contributed by atoms with Gasteiger partial charge in [0.2, 0.25) is 0 Å². The Labute approximate surface area is 125 Å². The Morgan fingerprint density at radius 2 is 1.95 bits per heavy atom. The SMILES string of the molecule is O=C(O)c1ncccc1N1CCC(CN2CCCC2)CC1. The van der Waals surface area contributed by atoms with E-state index in [2.05, 4.69) is 14.8 Å². The number of aromatic nitrogens is 1. The standard InChI is InChI=1S/C16H23N3O2/c20-16(21)15-14(4-3-7-17-15)19-10-5-13(6-11-19)12-18-8-1-2-9-18/h3-4,7,13H,1-2,5-6,8-12H2,(H,20,21). The van der Waals surface area contributed by atoms with Gasteiger partial charge in [0.15, 0.2) is 5.69 Å². The van der Waals surface area contributed by atoms with E-state index in [0.717, 1.165) is 37.5 Å². The van der Waals surface area contributed by atoms with Crippen LogP contribution in [-0.4, -0.2) is 53.7 Å². The number of rotatable bonds is 4. The third kappa shape index (κ3) is 3.35. The Kier molecular flexibility index (Phi) is 4.39. The zero-order valence-corrected chi connectivity index (χ0v) is 12.4. The summed E-state index contributed by atoms with van der Waals surface area (Å²) >= 11 is 0. The molecule has 0 unspecified atom stereocenters. The van der Waals surface area contributed by atoms with Crippen molar-refractivity contribution in [3.8, 4) is 0 Å². The molecule has 0 saturated carbocycles. The minimum absolute atomic E-state index is 0.176. The maximum atomic E-state index is 11.3. The topological polar surface area (TPSA) is 56.7 Å². The van der Waals surface area contributed by atoms with Crippen LogP contribution in [0.1, 0.15) is 36.2 Å². The van der Waals surface area contributed by atoms with Gasteiger partial charge in [0.25, 0.3) is 0 Å². The molecule has 0 aliphatic carbocycles. The second-order valence-electron chi connectivity index (χ2n) is 6.11. The molecule has 2 aliphatic rings. The molecule has 3 heterocycles. The summed E-state index contributed by atoms with van der Waals surface area (Å²) in [5.74, 6) is -0.186. The molecule has 5 nitrogen and oxygen atoms in total. The molecule has 2 saturated heterocycles. The molecule has 114 valence electrons. The van der Waals surface area contributed by atoms with E-state index in [1.165, 1.54) is 32.5 Å². The van der Waals surface area contributed by atoms with Crippen molar-refractivity contribution in [2.24, 2.45) is 5.92 Å². The van der Waals surface area contributed by atoms with Gasteiger partial charge < -0.3 is 14.9 Å². The van der Waals surface area contributed by atoms with Gasteiger partial charge in [0.1, 0.15) is 0 Å². The lowest BCUT2D eigenvalue weighted by molar-refractivity contribution is 0.0691. The number of carbonyl (C=O) groups is 1. The average molecular weight is 289 g/mol. The van der Waals surface area contributed by atoms with Crippen LogP contribution in [0.5, 0.6) is 0 Å². The first-order valence-electron chi connectivity index (χ1n) is 7.89. The normalized spacial score (nSPS) is 20.9. The van der Waals surface area contributed by atoms with Crippen LogP contribution >= 0.6 is 0 Å². The smallest absolute Gasteiger partial charge is 0.356 e. The average Bonchev–Trinajstić information content (AvgIpc) is 3.01. The predicted molar refractivity (Wildman–Crippen MR) is 81.8 cm³/mol. The lowest BCUT2D eigenvalue weighted by Crippen LogP contribution is -2.38. The molecule has 2 aliphatic heterocycles. The van der Waals surface area contributed by atoms with E-state index in [4.69, 9.17) is 0 Å². The highest BCUT2D eigenvalue weighted by atomic mass is 16.4. The van der Waals surface area contributed by atoms with Crippen LogP contribution in [0.3, 0.4) is 0 Å². The van der Waals surface area contributed by atoms with Gasteiger partial charge >= 0.3 is 5.97 Å². The summed E-state index contributed by atoms with van der Waals surface area (Å²) in [5, 5.41) is 9.24. The summed E-state index contributed by atoms with van der Waals surface area (Å²) in [6, 6.07) is 3.69. The Balaban J connectivity index is 1.59. The summed E-state index contributed by atoms with van der Waals surface area (Å²) in [4.78, 5) is 20.0. The summed E-state index contributed by atoms with van der Waals surface area (Å²) in [6.07, 6.45) is 6.52. The zero-order valence-electron chi connectivity index (χ0n) is 12.4. The van der Waals surface area contributed by atoms with Gasteiger partial charge in [0, 0.05) is 25.8 Å². The number of likely N-dealkylation sites (tertiary alicyclic amines) is 1. The van der Waals surface area contributed by atoms with Crippen LogP contribution in [-0.2, 0) is 0 Å². The number of hydrogen-bond donors (Lipinski definition) is 1. The van der Waals surface area contributed by atoms with E-state index in [0.29, 0.717) is 0 Å². The third-order valence-electron chi connectivity index (χ3n) is 4.66. The van der Waals surface area contributed by atoms with E-state index in [-0.39, 0.29) is 5.69 Å². The van der Waals surface area contributed by atoms with Gasteiger partial charge in [0.05, 0.1) is 5.69 Å². The molecule has 0 aromatic carbocycles. The van der Waals surface area contributed by atoms with Gasteiger partial charge in [-0.15, -0.1) is 0 Å². The fourth-order valence-electron chi connectivity index (χ4n) is 3.50. The second kappa shape index (κ2) is 6.43. The van der Waals surface area contributed by atoms with Crippen LogP contribution < -0.4 is 4.90 Å². The van der Waals surface area contributed by atoms with Crippen molar-refractivity contribution in [2.45, 2.75) is 25.7 Å². The number of carboxylic acid groups (broad SMARTS) is 1. The second-order valence-corrected chi connectivity index (χ2v) is 6.11. The quantitative estimate of drug-likeness (QED) is 0.920. The molecule has 5 heteroatoms. The van der Waals surface area contributed by atoms with Crippen molar-refractivity contribution < 1.29 is 9.90 Å². The minimum Gasteiger partial charge on any atom is -0.476 e. The number of piperidine rings is 1. The molecule has 0 atom stereocenters. The van der Waals surface area contributed by atoms with Crippen LogP contribution in [0.25, 0.3) is 0 Å². The van der Waals surface area contributed by atoms with Crippen molar-refractivity contribution in [1.29, 1.82) is 0 Å². The Hall–Kier alpha value is -1.62. The number of aromatic carboxylic acids is 1. The number of carboxylic acids is 1. The van der Waals surface area contributed by atoms with Crippen molar-refractivity contribution in [1.82, 2.24) is 9.88 Å². The lowest BCUT2D eigenvalue weighted by atomic mass is 9.95. The Morgan fingerprint density at radius 1 is 1.24 bits per heavy atom. The first-order valence-corrected chi connectivity index (χ1v) is 7.89. The van der Waals surface area contributed by atoms with Crippen LogP contribution in [0.2, 0.25) is 0 Å². The molecule has 0 amide bonds. The highest BCUT2D eigenvalue weighted by molar-refractivity contribution is 5.92. The first kappa shape index (κ1) is 14.3. The highest BCUT2D eigenvalue weighted by Crippen LogP contribution is 2.26. The predicted octanol–water partition coefficient (Wildman–Crippen LogP) is 2.09. The number of pyridine rings is 1. The van der Waals surface area contributed by atoms with Crippen LogP contribution in [0.15, 0.2) is 18.3 Å². The molecular formula is C16H23N3O2. The largest absolute Gasteiger partial charge is 0.476 e. The van der Waals surface area contributed by atoms with Gasteiger partial charge in [-0.2, -0.15) is 0 Å². The molecule has 1 aromatic heterocycles. The van der Waals surface area contributed by atoms with Gasteiger partial charge in [-0.3, -0.25) is 0 Å². The van der Waals surface area contributed by atoms with Gasteiger partial charge in [-0.1, -0.05) is 0 Å². The van der Waals surface area contributed by atoms with Crippen molar-refractivity contribution in [3.05, 3.63) is 24.0 Å². The maximum absolute atomic E-state index is 11.3. The van der Waals surface area contributed by atoms with Gasteiger partial charge in [-0.25, -0.2) is 9.78 Å². The summed E-state index contributed by atoms with van der Waals surface area (Å²) < 4.78 is 0. The highest BCUT2D eigenvalue weighted by Gasteiger charge is 2.25. The molecule has 21 heavy (non-hydrogen) atoms. The van der Waals surface area contributed by atoms with Crippen molar-refractivity contribution >= 4 is 11.7 Å². The summed E-state index contributed by atoms with van der Waals surface area (Å²) in [7, 11) is 0. The van der Waals surface area contributed by atoms with E-state index in [1.54, 1.807) is 6.20 Å². The first-order chi connectivity index (χ1) is 10.2. The fourth-order valence-corrected chi connectivity index (χ4v) is 3.50. The minimum atomic E-state index is -0.940. The third-order valence-corrected chi connectivity index (χ3v) is 4.66. The molecule has 3 rings (SSSR count). The molecule has 1 aromatic rings. The number of nitrogens with zero attached hydrogens (tertiary/aromatic N) is 3. The van der Waals surface area contributed by atoms with Crippen molar-refractivity contribution in [3.63, 3.8) is 0 Å². The molecule has 0 bridgehead atoms. The van der Waals surface area contributed by atoms with E-state index in [1.807, 2.05) is 12.1 Å². The Bertz CT molecular complexity index is 492. The number of hydrogen-bond acceptors (Lipinski definition) is 4. The molecule has 0 radical (unpaired) electrons. The lowest BCUT2D eigenvalue weighted by Gasteiger charge is -2.35. The monoisotopic (exact) mass is 289 g/mol. The molecular weight excluding hydrogens is 266 g/mol. The summed E-state index contributed by atoms with van der Waals surface area (Å²) in [5.41, 5.74) is 0.945. The van der Waals surface area contributed by atoms with E-state index in [9.17, 15) is 9.90 Å². The fraction of sp³-hybridized carbons (Fsp3) is 0.625. The van der Waals surface area contributed by atoms with E-state index >= 15 is 0 Å². The van der Waals surface area contributed by atoms with Gasteiger partial charge in [-0.05, 0) is 56.8 Å². The van der Waals surface area contributed by atoms with E-state index < -0.39 is 5.97 Å². The summed E-state index contributed by atoms with van der Waals surface area (Å²) in [6.45, 7) is 5.60. The van der Waals surface area contributed by atoms with Crippen molar-refractivity contribution in [2.75, 3.05) is 37.6 Å². The zero-order chi connectivity index (χ0) is 14.7.